The second-order valence-electron chi connectivity index (χ2n) is 8.24. The van der Waals surface area contributed by atoms with E-state index in [1.54, 1.807) is 7.11 Å². The minimum Gasteiger partial charge on any atom is -0.497 e. The van der Waals surface area contributed by atoms with Crippen molar-refractivity contribution in [2.24, 2.45) is 0 Å². The van der Waals surface area contributed by atoms with Gasteiger partial charge in [0.05, 0.1) is 25.2 Å². The van der Waals surface area contributed by atoms with Crippen molar-refractivity contribution in [1.29, 1.82) is 0 Å². The lowest BCUT2D eigenvalue weighted by Crippen LogP contribution is -2.42. The van der Waals surface area contributed by atoms with Gasteiger partial charge in [0.25, 0.3) is 5.56 Å². The van der Waals surface area contributed by atoms with Crippen molar-refractivity contribution in [2.75, 3.05) is 34.3 Å². The summed E-state index contributed by atoms with van der Waals surface area (Å²) in [7, 11) is 5.73. The number of thiocarbonyl (C=S) groups is 1. The lowest BCUT2D eigenvalue weighted by atomic mass is 10.1. The van der Waals surface area contributed by atoms with Crippen LogP contribution >= 0.6 is 12.2 Å². The van der Waals surface area contributed by atoms with Gasteiger partial charge in [-0.3, -0.25) is 4.79 Å². The van der Waals surface area contributed by atoms with Gasteiger partial charge in [0, 0.05) is 18.2 Å². The van der Waals surface area contributed by atoms with E-state index >= 15 is 0 Å². The first-order valence-corrected chi connectivity index (χ1v) is 11.2. The van der Waals surface area contributed by atoms with Crippen LogP contribution < -0.4 is 15.6 Å². The van der Waals surface area contributed by atoms with Crippen molar-refractivity contribution in [3.63, 3.8) is 0 Å². The Morgan fingerprint density at radius 1 is 1.12 bits per heavy atom. The minimum atomic E-state index is -0.109. The molecule has 0 aliphatic heterocycles. The molecule has 2 aromatic carbocycles. The number of aromatic amines is 1. The molecule has 0 saturated heterocycles. The molecule has 0 saturated carbocycles. The van der Waals surface area contributed by atoms with Crippen LogP contribution in [0.3, 0.4) is 0 Å². The van der Waals surface area contributed by atoms with Crippen molar-refractivity contribution in [3.8, 4) is 5.75 Å². The van der Waals surface area contributed by atoms with E-state index in [-0.39, 0.29) is 11.6 Å². The summed E-state index contributed by atoms with van der Waals surface area (Å²) in [6.07, 6.45) is 0.942. The van der Waals surface area contributed by atoms with Crippen LogP contribution in [-0.4, -0.2) is 54.2 Å². The highest BCUT2D eigenvalue weighted by Gasteiger charge is 2.16. The van der Waals surface area contributed by atoms with Gasteiger partial charge >= 0.3 is 0 Å². The maximum Gasteiger partial charge on any atom is 0.253 e. The monoisotopic (exact) mass is 452 g/mol. The molecule has 0 radical (unpaired) electrons. The van der Waals surface area contributed by atoms with E-state index in [9.17, 15) is 4.79 Å². The third kappa shape index (κ3) is 6.31. The van der Waals surface area contributed by atoms with Gasteiger partial charge in [0.15, 0.2) is 5.11 Å². The van der Waals surface area contributed by atoms with Crippen molar-refractivity contribution in [2.45, 2.75) is 25.9 Å². The number of benzene rings is 2. The van der Waals surface area contributed by atoms with Gasteiger partial charge in [0.1, 0.15) is 5.75 Å². The standard InChI is InChI=1S/C25H32N4O2S/c1-18(19-9-6-5-7-10-19)26-25(32)29(14-8-13-28(2)3)17-21-15-20-11-12-22(31-4)16-23(20)27-24(21)30/h5-7,9-12,15-16,18H,8,13-14,17H2,1-4H3,(H,26,32)(H,27,30)/t18-/m0/s1. The van der Waals surface area contributed by atoms with Gasteiger partial charge in [-0.15, -0.1) is 0 Å². The quantitative estimate of drug-likeness (QED) is 0.480. The minimum absolute atomic E-state index is 0.0717. The van der Waals surface area contributed by atoms with E-state index in [0.717, 1.165) is 30.4 Å². The zero-order valence-electron chi connectivity index (χ0n) is 19.2. The molecule has 0 unspecified atom stereocenters. The first-order chi connectivity index (χ1) is 15.4. The van der Waals surface area contributed by atoms with Crippen molar-refractivity contribution >= 4 is 28.2 Å². The van der Waals surface area contributed by atoms with Crippen LogP contribution in [0.25, 0.3) is 10.9 Å². The van der Waals surface area contributed by atoms with Crippen LogP contribution in [0.15, 0.2) is 59.4 Å². The number of rotatable bonds is 9. The third-order valence-corrected chi connectivity index (χ3v) is 5.83. The normalized spacial score (nSPS) is 12.0. The zero-order chi connectivity index (χ0) is 23.1. The Labute approximate surface area is 195 Å². The first-order valence-electron chi connectivity index (χ1n) is 10.8. The Hall–Kier alpha value is -2.90. The second kappa shape index (κ2) is 11.1. The molecular formula is C25H32N4O2S. The SMILES string of the molecule is COc1ccc2cc(CN(CCCN(C)C)C(=S)N[C@@H](C)c3ccccc3)c(=O)[nH]c2c1. The summed E-state index contributed by atoms with van der Waals surface area (Å²) in [5, 5.41) is 5.05. The van der Waals surface area contributed by atoms with Gasteiger partial charge in [-0.2, -0.15) is 0 Å². The van der Waals surface area contributed by atoms with E-state index < -0.39 is 0 Å². The summed E-state index contributed by atoms with van der Waals surface area (Å²) in [5.41, 5.74) is 2.50. The average molecular weight is 453 g/mol. The zero-order valence-corrected chi connectivity index (χ0v) is 20.0. The van der Waals surface area contributed by atoms with Crippen molar-refractivity contribution in [1.82, 2.24) is 20.1 Å². The Balaban J connectivity index is 1.81. The molecular weight excluding hydrogens is 420 g/mol. The molecule has 1 heterocycles. The Kier molecular flexibility index (Phi) is 8.25. The molecule has 170 valence electrons. The molecule has 0 aliphatic carbocycles. The first kappa shape index (κ1) is 23.8. The van der Waals surface area contributed by atoms with Gasteiger partial charge in [0.2, 0.25) is 0 Å². The van der Waals surface area contributed by atoms with Crippen LogP contribution in [0, 0.1) is 0 Å². The Morgan fingerprint density at radius 3 is 2.56 bits per heavy atom. The van der Waals surface area contributed by atoms with Gasteiger partial charge in [-0.1, -0.05) is 30.3 Å². The molecule has 3 rings (SSSR count). The highest BCUT2D eigenvalue weighted by molar-refractivity contribution is 7.80. The van der Waals surface area contributed by atoms with Gasteiger partial charge < -0.3 is 24.8 Å². The summed E-state index contributed by atoms with van der Waals surface area (Å²) < 4.78 is 5.27. The Morgan fingerprint density at radius 2 is 1.88 bits per heavy atom. The number of pyridine rings is 1. The third-order valence-electron chi connectivity index (χ3n) is 5.45. The predicted octanol–water partition coefficient (Wildman–Crippen LogP) is 3.93. The van der Waals surface area contributed by atoms with Crippen LogP contribution in [0.2, 0.25) is 0 Å². The summed E-state index contributed by atoms with van der Waals surface area (Å²) in [6, 6.07) is 17.9. The van der Waals surface area contributed by atoms with Crippen LogP contribution in [-0.2, 0) is 6.54 Å². The topological polar surface area (TPSA) is 60.6 Å². The molecule has 6 nitrogen and oxygen atoms in total. The smallest absolute Gasteiger partial charge is 0.253 e. The number of aromatic nitrogens is 1. The number of H-pyrrole nitrogens is 1. The van der Waals surface area contributed by atoms with Crippen LogP contribution in [0.5, 0.6) is 5.75 Å². The highest BCUT2D eigenvalue weighted by atomic mass is 32.1. The molecule has 0 aliphatic rings. The fourth-order valence-electron chi connectivity index (χ4n) is 3.61. The average Bonchev–Trinajstić information content (AvgIpc) is 2.78. The molecule has 0 fully saturated rings. The lowest BCUT2D eigenvalue weighted by Gasteiger charge is -2.28. The summed E-state index contributed by atoms with van der Waals surface area (Å²) in [5.74, 6) is 0.714. The fourth-order valence-corrected chi connectivity index (χ4v) is 3.94. The number of fused-ring (bicyclic) bond motifs is 1. The number of hydrogen-bond donors (Lipinski definition) is 2. The molecule has 7 heteroatoms. The largest absolute Gasteiger partial charge is 0.497 e. The van der Waals surface area contributed by atoms with E-state index in [2.05, 4.69) is 53.3 Å². The van der Waals surface area contributed by atoms with Gasteiger partial charge in [-0.05, 0) is 75.4 Å². The summed E-state index contributed by atoms with van der Waals surface area (Å²) >= 11 is 5.77. The summed E-state index contributed by atoms with van der Waals surface area (Å²) in [6.45, 7) is 4.24. The predicted molar refractivity (Wildman–Crippen MR) is 135 cm³/mol. The molecule has 0 spiro atoms. The molecule has 32 heavy (non-hydrogen) atoms. The molecule has 0 bridgehead atoms. The number of methoxy groups -OCH3 is 1. The number of nitrogens with one attached hydrogen (secondary N) is 2. The maximum absolute atomic E-state index is 12.8. The van der Waals surface area contributed by atoms with E-state index in [4.69, 9.17) is 17.0 Å². The van der Waals surface area contributed by atoms with E-state index in [1.165, 1.54) is 5.56 Å². The van der Waals surface area contributed by atoms with Crippen LogP contribution in [0.1, 0.15) is 30.5 Å². The molecule has 0 amide bonds. The van der Waals surface area contributed by atoms with Crippen LogP contribution in [0.4, 0.5) is 0 Å². The summed E-state index contributed by atoms with van der Waals surface area (Å²) in [4.78, 5) is 20.0. The van der Waals surface area contributed by atoms with Crippen molar-refractivity contribution < 1.29 is 4.74 Å². The van der Waals surface area contributed by atoms with Gasteiger partial charge in [-0.25, -0.2) is 0 Å². The molecule has 1 aromatic heterocycles. The van der Waals surface area contributed by atoms with E-state index in [1.807, 2.05) is 42.5 Å². The number of nitrogens with zero attached hydrogens (tertiary/aromatic N) is 2. The van der Waals surface area contributed by atoms with Crippen molar-refractivity contribution in [3.05, 3.63) is 76.1 Å². The van der Waals surface area contributed by atoms with E-state index in [0.29, 0.717) is 23.0 Å². The number of ether oxygens (including phenoxy) is 1. The Bertz CT molecular complexity index is 1100. The molecule has 2 N–H and O–H groups in total. The molecule has 1 atom stereocenters. The second-order valence-corrected chi connectivity index (χ2v) is 8.62. The molecule has 3 aromatic rings. The lowest BCUT2D eigenvalue weighted by molar-refractivity contribution is 0.339. The highest BCUT2D eigenvalue weighted by Crippen LogP contribution is 2.19. The fraction of sp³-hybridized carbons (Fsp3) is 0.360. The maximum atomic E-state index is 12.8. The number of hydrogen-bond acceptors (Lipinski definition) is 4.